The van der Waals surface area contributed by atoms with E-state index in [1.807, 2.05) is 30.1 Å². The number of anilines is 1. The van der Waals surface area contributed by atoms with E-state index >= 15 is 0 Å². The zero-order chi connectivity index (χ0) is 16.4. The molecule has 1 unspecified atom stereocenters. The lowest BCUT2D eigenvalue weighted by molar-refractivity contribution is 0.494. The predicted molar refractivity (Wildman–Crippen MR) is 90.5 cm³/mol. The van der Waals surface area contributed by atoms with Gasteiger partial charge in [0.05, 0.1) is 11.9 Å². The molecule has 0 N–H and O–H groups in total. The van der Waals surface area contributed by atoms with E-state index in [2.05, 4.69) is 24.8 Å². The van der Waals surface area contributed by atoms with Crippen LogP contribution in [0.5, 0.6) is 0 Å². The van der Waals surface area contributed by atoms with Crippen LogP contribution in [-0.4, -0.2) is 42.6 Å². The highest BCUT2D eigenvalue weighted by molar-refractivity contribution is 5.48. The lowest BCUT2D eigenvalue weighted by atomic mass is 9.95. The van der Waals surface area contributed by atoms with E-state index in [9.17, 15) is 0 Å². The highest BCUT2D eigenvalue weighted by atomic mass is 15.3. The van der Waals surface area contributed by atoms with Gasteiger partial charge in [-0.05, 0) is 18.9 Å². The maximum Gasteiger partial charge on any atom is 0.225 e. The average molecular weight is 321 g/mol. The molecule has 0 aromatic carbocycles. The number of rotatable bonds is 3. The van der Waals surface area contributed by atoms with Crippen molar-refractivity contribution < 1.29 is 0 Å². The number of piperidine rings is 1. The molecule has 1 saturated heterocycles. The molecule has 4 heterocycles. The number of hydrogen-bond donors (Lipinski definition) is 0. The van der Waals surface area contributed by atoms with Crippen LogP contribution in [-0.2, 0) is 7.05 Å². The predicted octanol–water partition coefficient (Wildman–Crippen LogP) is 2.05. The van der Waals surface area contributed by atoms with Gasteiger partial charge in [-0.15, -0.1) is 0 Å². The average Bonchev–Trinajstić information content (AvgIpc) is 3.09. The maximum atomic E-state index is 4.81. The van der Waals surface area contributed by atoms with E-state index in [1.54, 1.807) is 24.8 Å². The molecule has 0 radical (unpaired) electrons. The summed E-state index contributed by atoms with van der Waals surface area (Å²) in [4.78, 5) is 24.5. The van der Waals surface area contributed by atoms with Crippen molar-refractivity contribution in [1.29, 1.82) is 0 Å². The summed E-state index contributed by atoms with van der Waals surface area (Å²) in [5, 5.41) is 0. The molecule has 0 bridgehead atoms. The van der Waals surface area contributed by atoms with E-state index in [0.717, 1.165) is 49.1 Å². The molecule has 0 spiro atoms. The summed E-state index contributed by atoms with van der Waals surface area (Å²) < 4.78 is 1.96. The van der Waals surface area contributed by atoms with E-state index in [4.69, 9.17) is 4.98 Å². The van der Waals surface area contributed by atoms with Crippen molar-refractivity contribution in [1.82, 2.24) is 29.5 Å². The second-order valence-corrected chi connectivity index (χ2v) is 6.02. The standard InChI is InChI=1S/C17H19N7/c1-23-9-7-19-16(23)15-11-18-10-14(22-15)13-4-2-8-24(12-13)17-20-5-3-6-21-17/h3,5-7,9-11,13H,2,4,8,12H2,1H3. The molecule has 24 heavy (non-hydrogen) atoms. The fourth-order valence-electron chi connectivity index (χ4n) is 3.15. The number of aryl methyl sites for hydroxylation is 1. The first-order valence-corrected chi connectivity index (χ1v) is 8.13. The molecular weight excluding hydrogens is 302 g/mol. The van der Waals surface area contributed by atoms with Crippen LogP contribution >= 0.6 is 0 Å². The van der Waals surface area contributed by atoms with Crippen LogP contribution in [0.3, 0.4) is 0 Å². The van der Waals surface area contributed by atoms with Gasteiger partial charge in [-0.25, -0.2) is 19.9 Å². The first-order valence-electron chi connectivity index (χ1n) is 8.13. The fraction of sp³-hybridized carbons (Fsp3) is 0.353. The molecule has 122 valence electrons. The Morgan fingerprint density at radius 2 is 1.96 bits per heavy atom. The van der Waals surface area contributed by atoms with Gasteiger partial charge in [-0.3, -0.25) is 4.98 Å². The van der Waals surface area contributed by atoms with Gasteiger partial charge in [-0.1, -0.05) is 0 Å². The summed E-state index contributed by atoms with van der Waals surface area (Å²) in [6.07, 6.45) is 13.1. The van der Waals surface area contributed by atoms with Crippen molar-refractivity contribution in [2.75, 3.05) is 18.0 Å². The smallest absolute Gasteiger partial charge is 0.225 e. The van der Waals surface area contributed by atoms with Crippen LogP contribution in [0.1, 0.15) is 24.5 Å². The number of imidazole rings is 1. The Hall–Kier alpha value is -2.83. The first kappa shape index (κ1) is 14.7. The zero-order valence-electron chi connectivity index (χ0n) is 13.6. The zero-order valence-corrected chi connectivity index (χ0v) is 13.6. The van der Waals surface area contributed by atoms with Gasteiger partial charge in [0, 0.05) is 57.0 Å². The molecule has 1 atom stereocenters. The normalized spacial score (nSPS) is 17.9. The molecule has 0 saturated carbocycles. The minimum absolute atomic E-state index is 0.329. The summed E-state index contributed by atoms with van der Waals surface area (Å²) >= 11 is 0. The van der Waals surface area contributed by atoms with Gasteiger partial charge in [0.1, 0.15) is 5.69 Å². The van der Waals surface area contributed by atoms with Crippen LogP contribution in [0.2, 0.25) is 0 Å². The van der Waals surface area contributed by atoms with Gasteiger partial charge in [0.15, 0.2) is 5.82 Å². The van der Waals surface area contributed by atoms with Gasteiger partial charge < -0.3 is 9.47 Å². The molecule has 1 fully saturated rings. The van der Waals surface area contributed by atoms with E-state index in [0.29, 0.717) is 5.92 Å². The van der Waals surface area contributed by atoms with Crippen LogP contribution in [0, 0.1) is 0 Å². The second-order valence-electron chi connectivity index (χ2n) is 6.02. The summed E-state index contributed by atoms with van der Waals surface area (Å²) in [5.41, 5.74) is 1.82. The molecule has 0 amide bonds. The van der Waals surface area contributed by atoms with Crippen molar-refractivity contribution in [2.24, 2.45) is 7.05 Å². The van der Waals surface area contributed by atoms with Crippen molar-refractivity contribution in [3.05, 3.63) is 48.9 Å². The third kappa shape index (κ3) is 2.84. The SMILES string of the molecule is Cn1ccnc1-c1cncc(C2CCCN(c3ncccn3)C2)n1. The molecule has 7 nitrogen and oxygen atoms in total. The summed E-state index contributed by atoms with van der Waals surface area (Å²) in [7, 11) is 1.96. The molecule has 4 rings (SSSR count). The highest BCUT2D eigenvalue weighted by Gasteiger charge is 2.24. The van der Waals surface area contributed by atoms with Crippen molar-refractivity contribution in [3.8, 4) is 11.5 Å². The number of nitrogens with zero attached hydrogens (tertiary/aromatic N) is 7. The van der Waals surface area contributed by atoms with Gasteiger partial charge in [0.25, 0.3) is 0 Å². The fourth-order valence-corrected chi connectivity index (χ4v) is 3.15. The molecular formula is C17H19N7. The van der Waals surface area contributed by atoms with E-state index < -0.39 is 0 Å². The highest BCUT2D eigenvalue weighted by Crippen LogP contribution is 2.28. The molecule has 3 aromatic rings. The van der Waals surface area contributed by atoms with Gasteiger partial charge in [0.2, 0.25) is 5.95 Å². The minimum atomic E-state index is 0.329. The molecule has 7 heteroatoms. The molecule has 3 aromatic heterocycles. The third-order valence-corrected chi connectivity index (χ3v) is 4.38. The Bertz CT molecular complexity index is 815. The van der Waals surface area contributed by atoms with Gasteiger partial charge >= 0.3 is 0 Å². The Balaban J connectivity index is 1.58. The third-order valence-electron chi connectivity index (χ3n) is 4.38. The van der Waals surface area contributed by atoms with Crippen LogP contribution in [0.25, 0.3) is 11.5 Å². The quantitative estimate of drug-likeness (QED) is 0.735. The lowest BCUT2D eigenvalue weighted by Crippen LogP contribution is -2.35. The summed E-state index contributed by atoms with van der Waals surface area (Å²) in [5.74, 6) is 1.95. The monoisotopic (exact) mass is 321 g/mol. The molecule has 1 aliphatic heterocycles. The Labute approximate surface area is 140 Å². The van der Waals surface area contributed by atoms with E-state index in [1.165, 1.54) is 0 Å². The van der Waals surface area contributed by atoms with Crippen molar-refractivity contribution in [3.63, 3.8) is 0 Å². The van der Waals surface area contributed by atoms with E-state index in [-0.39, 0.29) is 0 Å². The van der Waals surface area contributed by atoms with Crippen LogP contribution in [0.4, 0.5) is 5.95 Å². The molecule has 1 aliphatic rings. The number of hydrogen-bond acceptors (Lipinski definition) is 6. The molecule has 0 aliphatic carbocycles. The lowest BCUT2D eigenvalue weighted by Gasteiger charge is -2.32. The van der Waals surface area contributed by atoms with Crippen molar-refractivity contribution in [2.45, 2.75) is 18.8 Å². The summed E-state index contributed by atoms with van der Waals surface area (Å²) in [6.45, 7) is 1.84. The maximum absolute atomic E-state index is 4.81. The first-order chi connectivity index (χ1) is 11.8. The Kier molecular flexibility index (Phi) is 3.90. The topological polar surface area (TPSA) is 72.6 Å². The number of aromatic nitrogens is 6. The minimum Gasteiger partial charge on any atom is -0.340 e. The van der Waals surface area contributed by atoms with Gasteiger partial charge in [-0.2, -0.15) is 0 Å². The summed E-state index contributed by atoms with van der Waals surface area (Å²) in [6, 6.07) is 1.84. The largest absolute Gasteiger partial charge is 0.340 e. The van der Waals surface area contributed by atoms with Crippen LogP contribution < -0.4 is 4.90 Å². The van der Waals surface area contributed by atoms with Crippen molar-refractivity contribution >= 4 is 5.95 Å². The van der Waals surface area contributed by atoms with Crippen LogP contribution in [0.15, 0.2) is 43.2 Å². The second kappa shape index (κ2) is 6.35. The Morgan fingerprint density at radius 3 is 2.75 bits per heavy atom. The Morgan fingerprint density at radius 1 is 1.08 bits per heavy atom.